The molecule has 74 valence electrons. The molecule has 1 rings (SSSR count). The van der Waals surface area contributed by atoms with Gasteiger partial charge in [-0.2, -0.15) is 0 Å². The van der Waals surface area contributed by atoms with Crippen LogP contribution in [0.4, 0.5) is 0 Å². The van der Waals surface area contributed by atoms with Gasteiger partial charge in [0.25, 0.3) is 0 Å². The summed E-state index contributed by atoms with van der Waals surface area (Å²) >= 11 is 0. The van der Waals surface area contributed by atoms with Crippen molar-refractivity contribution >= 4 is 5.78 Å². The Balaban J connectivity index is 2.56. The Morgan fingerprint density at radius 3 is 2.77 bits per heavy atom. The first-order valence-electron chi connectivity index (χ1n) is 4.98. The minimum absolute atomic E-state index is 0.171. The van der Waals surface area contributed by atoms with Gasteiger partial charge in [-0.05, 0) is 26.2 Å². The Morgan fingerprint density at radius 2 is 2.31 bits per heavy atom. The molecule has 0 aromatic carbocycles. The maximum Gasteiger partial charge on any atom is 0.139 e. The molecule has 0 heterocycles. The fourth-order valence-corrected chi connectivity index (χ4v) is 1.86. The van der Waals surface area contributed by atoms with Gasteiger partial charge >= 0.3 is 0 Å². The Hall–Kier alpha value is -0.630. The van der Waals surface area contributed by atoms with Crippen LogP contribution in [0.3, 0.4) is 0 Å². The van der Waals surface area contributed by atoms with E-state index in [-0.39, 0.29) is 11.7 Å². The molecule has 2 nitrogen and oxygen atoms in total. The van der Waals surface area contributed by atoms with Crippen LogP contribution in [0.15, 0.2) is 12.2 Å². The molecule has 0 aliphatic heterocycles. The molecule has 0 aromatic rings. The Kier molecular flexibility index (Phi) is 3.26. The maximum absolute atomic E-state index is 11.4. The van der Waals surface area contributed by atoms with Gasteiger partial charge in [0.05, 0.1) is 5.60 Å². The number of carbonyl (C=O) groups is 1. The standard InChI is InChI=1S/C11H18O2/c1-3-4-5-6-9-10(12)7-8-11(9,2)13/h4-5,9,13H,3,6-8H2,1-2H3/b5-4-. The lowest BCUT2D eigenvalue weighted by atomic mass is 9.89. The van der Waals surface area contributed by atoms with Gasteiger partial charge in [0.2, 0.25) is 0 Å². The predicted octanol–water partition coefficient (Wildman–Crippen LogP) is 2.07. The van der Waals surface area contributed by atoms with E-state index in [0.29, 0.717) is 19.3 Å². The lowest BCUT2D eigenvalue weighted by molar-refractivity contribution is -0.123. The highest BCUT2D eigenvalue weighted by Gasteiger charge is 2.41. The van der Waals surface area contributed by atoms with Gasteiger partial charge in [0.1, 0.15) is 5.78 Å². The van der Waals surface area contributed by atoms with Crippen LogP contribution in [0, 0.1) is 5.92 Å². The molecule has 1 saturated carbocycles. The van der Waals surface area contributed by atoms with Crippen molar-refractivity contribution in [3.8, 4) is 0 Å². The fraction of sp³-hybridized carbons (Fsp3) is 0.727. The molecule has 0 spiro atoms. The monoisotopic (exact) mass is 182 g/mol. The second-order valence-electron chi connectivity index (χ2n) is 3.99. The van der Waals surface area contributed by atoms with Gasteiger partial charge in [-0.15, -0.1) is 0 Å². The minimum atomic E-state index is -0.769. The molecule has 1 fully saturated rings. The molecule has 2 heteroatoms. The number of allylic oxidation sites excluding steroid dienone is 2. The summed E-state index contributed by atoms with van der Waals surface area (Å²) < 4.78 is 0. The van der Waals surface area contributed by atoms with Crippen LogP contribution in [0.25, 0.3) is 0 Å². The van der Waals surface area contributed by atoms with Gasteiger partial charge in [0.15, 0.2) is 0 Å². The van der Waals surface area contributed by atoms with E-state index >= 15 is 0 Å². The molecule has 1 aliphatic carbocycles. The molecule has 1 N–H and O–H groups in total. The fourth-order valence-electron chi connectivity index (χ4n) is 1.86. The number of hydrogen-bond donors (Lipinski definition) is 1. The van der Waals surface area contributed by atoms with E-state index in [1.54, 1.807) is 6.92 Å². The zero-order chi connectivity index (χ0) is 9.90. The summed E-state index contributed by atoms with van der Waals surface area (Å²) in [4.78, 5) is 11.4. The third-order valence-electron chi connectivity index (χ3n) is 2.79. The normalized spacial score (nSPS) is 34.7. The lowest BCUT2D eigenvalue weighted by Crippen LogP contribution is -2.31. The summed E-state index contributed by atoms with van der Waals surface area (Å²) in [5, 5.41) is 9.87. The molecular formula is C11H18O2. The molecule has 0 radical (unpaired) electrons. The van der Waals surface area contributed by atoms with Crippen LogP contribution in [0.2, 0.25) is 0 Å². The van der Waals surface area contributed by atoms with Crippen LogP contribution in [-0.2, 0) is 4.79 Å². The summed E-state index contributed by atoms with van der Waals surface area (Å²) in [6.07, 6.45) is 6.89. The number of hydrogen-bond acceptors (Lipinski definition) is 2. The quantitative estimate of drug-likeness (QED) is 0.678. The van der Waals surface area contributed by atoms with Gasteiger partial charge in [-0.25, -0.2) is 0 Å². The molecule has 0 aromatic heterocycles. The number of Topliss-reactive ketones (excluding diaryl/α,β-unsaturated/α-hetero) is 1. The molecule has 1 aliphatic rings. The third kappa shape index (κ3) is 2.41. The van der Waals surface area contributed by atoms with E-state index in [1.165, 1.54) is 0 Å². The Morgan fingerprint density at radius 1 is 1.62 bits per heavy atom. The van der Waals surface area contributed by atoms with Crippen molar-refractivity contribution in [2.75, 3.05) is 0 Å². The van der Waals surface area contributed by atoms with Gasteiger partial charge in [0, 0.05) is 12.3 Å². The van der Waals surface area contributed by atoms with Crippen LogP contribution in [-0.4, -0.2) is 16.5 Å². The first kappa shape index (κ1) is 10.5. The van der Waals surface area contributed by atoms with Crippen molar-refractivity contribution in [3.63, 3.8) is 0 Å². The first-order valence-corrected chi connectivity index (χ1v) is 4.98. The zero-order valence-corrected chi connectivity index (χ0v) is 8.42. The summed E-state index contributed by atoms with van der Waals surface area (Å²) in [6.45, 7) is 3.83. The van der Waals surface area contributed by atoms with Crippen molar-refractivity contribution in [2.45, 2.75) is 45.1 Å². The van der Waals surface area contributed by atoms with Crippen LogP contribution in [0.1, 0.15) is 39.5 Å². The van der Waals surface area contributed by atoms with Crippen LogP contribution >= 0.6 is 0 Å². The predicted molar refractivity (Wildman–Crippen MR) is 52.4 cm³/mol. The van der Waals surface area contributed by atoms with Gasteiger partial charge < -0.3 is 5.11 Å². The summed E-state index contributed by atoms with van der Waals surface area (Å²) in [7, 11) is 0. The number of ketones is 1. The lowest BCUT2D eigenvalue weighted by Gasteiger charge is -2.22. The van der Waals surface area contributed by atoms with Crippen molar-refractivity contribution in [3.05, 3.63) is 12.2 Å². The van der Waals surface area contributed by atoms with E-state index in [2.05, 4.69) is 6.92 Å². The largest absolute Gasteiger partial charge is 0.389 e. The summed E-state index contributed by atoms with van der Waals surface area (Å²) in [6, 6.07) is 0. The second kappa shape index (κ2) is 4.05. The summed E-state index contributed by atoms with van der Waals surface area (Å²) in [5.74, 6) is 0.0426. The van der Waals surface area contributed by atoms with Crippen molar-refractivity contribution < 1.29 is 9.90 Å². The average molecular weight is 182 g/mol. The highest BCUT2D eigenvalue weighted by atomic mass is 16.3. The topological polar surface area (TPSA) is 37.3 Å². The number of carbonyl (C=O) groups excluding carboxylic acids is 1. The maximum atomic E-state index is 11.4. The number of rotatable bonds is 3. The van der Waals surface area contributed by atoms with Crippen molar-refractivity contribution in [2.24, 2.45) is 5.92 Å². The minimum Gasteiger partial charge on any atom is -0.389 e. The molecule has 0 bridgehead atoms. The van der Waals surface area contributed by atoms with E-state index in [0.717, 1.165) is 6.42 Å². The van der Waals surface area contributed by atoms with Gasteiger partial charge in [-0.3, -0.25) is 4.79 Å². The van der Waals surface area contributed by atoms with Crippen LogP contribution < -0.4 is 0 Å². The van der Waals surface area contributed by atoms with E-state index in [4.69, 9.17) is 0 Å². The molecule has 2 unspecified atom stereocenters. The Labute approximate surface area is 79.6 Å². The van der Waals surface area contributed by atoms with Gasteiger partial charge in [-0.1, -0.05) is 19.1 Å². The van der Waals surface area contributed by atoms with E-state index in [9.17, 15) is 9.90 Å². The first-order chi connectivity index (χ1) is 6.08. The SMILES string of the molecule is CC/C=C\CC1C(=O)CCC1(C)O. The number of aliphatic hydroxyl groups is 1. The molecular weight excluding hydrogens is 164 g/mol. The molecule has 2 atom stereocenters. The third-order valence-corrected chi connectivity index (χ3v) is 2.79. The smallest absolute Gasteiger partial charge is 0.139 e. The van der Waals surface area contributed by atoms with E-state index in [1.807, 2.05) is 12.2 Å². The molecule has 0 saturated heterocycles. The van der Waals surface area contributed by atoms with E-state index < -0.39 is 5.60 Å². The zero-order valence-electron chi connectivity index (χ0n) is 8.42. The summed E-state index contributed by atoms with van der Waals surface area (Å²) in [5.41, 5.74) is -0.769. The average Bonchev–Trinajstić information content (AvgIpc) is 2.31. The van der Waals surface area contributed by atoms with Crippen molar-refractivity contribution in [1.29, 1.82) is 0 Å². The van der Waals surface area contributed by atoms with Crippen LogP contribution in [0.5, 0.6) is 0 Å². The van der Waals surface area contributed by atoms with Crippen molar-refractivity contribution in [1.82, 2.24) is 0 Å². The highest BCUT2D eigenvalue weighted by molar-refractivity contribution is 5.84. The molecule has 0 amide bonds. The highest BCUT2D eigenvalue weighted by Crippen LogP contribution is 2.34. The second-order valence-corrected chi connectivity index (χ2v) is 3.99. The Bertz CT molecular complexity index is 216. The molecule has 13 heavy (non-hydrogen) atoms.